The smallest absolute Gasteiger partial charge is 0.322 e. The number of alkyl halides is 3. The monoisotopic (exact) mass is 266 g/mol. The Morgan fingerprint density at radius 1 is 1.11 bits per heavy atom. The number of halogens is 3. The van der Waals surface area contributed by atoms with Gasteiger partial charge in [-0.1, -0.05) is 18.2 Å². The van der Waals surface area contributed by atoms with Gasteiger partial charge in [0.1, 0.15) is 5.69 Å². The summed E-state index contributed by atoms with van der Waals surface area (Å²) in [6.07, 6.45) is -3.53. The maximum absolute atomic E-state index is 12.5. The van der Waals surface area contributed by atoms with Gasteiger partial charge in [-0.15, -0.1) is 0 Å². The summed E-state index contributed by atoms with van der Waals surface area (Å²) in [6, 6.07) is 10.3. The number of nitrogens with zero attached hydrogens (tertiary/aromatic N) is 1. The van der Waals surface area contributed by atoms with Crippen LogP contribution in [0.4, 0.5) is 18.9 Å². The van der Waals surface area contributed by atoms with Crippen LogP contribution in [0.2, 0.25) is 0 Å². The van der Waals surface area contributed by atoms with E-state index in [-0.39, 0.29) is 5.69 Å². The van der Waals surface area contributed by atoms with Gasteiger partial charge in [-0.05, 0) is 24.3 Å². The van der Waals surface area contributed by atoms with Gasteiger partial charge in [0, 0.05) is 17.4 Å². The van der Waals surface area contributed by atoms with E-state index in [0.717, 1.165) is 12.3 Å². The molecule has 3 nitrogen and oxygen atoms in total. The number of pyridine rings is 1. The van der Waals surface area contributed by atoms with Crippen molar-refractivity contribution >= 4 is 11.6 Å². The standard InChI is InChI=1S/C13H9F3N2O/c14-13(15,16)11-8-10(6-7-17-11)18-12(19)9-4-2-1-3-5-9/h1-8H,(H,17,18,19). The average molecular weight is 266 g/mol. The Labute approximate surface area is 107 Å². The molecule has 1 amide bonds. The number of hydrogen-bond acceptors (Lipinski definition) is 2. The molecule has 0 fully saturated rings. The van der Waals surface area contributed by atoms with Gasteiger partial charge < -0.3 is 5.32 Å². The Kier molecular flexibility index (Phi) is 3.50. The summed E-state index contributed by atoms with van der Waals surface area (Å²) < 4.78 is 37.4. The van der Waals surface area contributed by atoms with Gasteiger partial charge in [0.15, 0.2) is 0 Å². The molecule has 1 N–H and O–H groups in total. The van der Waals surface area contributed by atoms with Crippen LogP contribution < -0.4 is 5.32 Å². The summed E-state index contributed by atoms with van der Waals surface area (Å²) >= 11 is 0. The number of anilines is 1. The molecule has 0 saturated carbocycles. The van der Waals surface area contributed by atoms with Crippen LogP contribution in [0.5, 0.6) is 0 Å². The minimum absolute atomic E-state index is 0.0520. The Bertz CT molecular complexity index is 582. The highest BCUT2D eigenvalue weighted by molar-refractivity contribution is 6.04. The highest BCUT2D eigenvalue weighted by Gasteiger charge is 2.32. The SMILES string of the molecule is O=C(Nc1ccnc(C(F)(F)F)c1)c1ccccc1. The van der Waals surface area contributed by atoms with E-state index in [1.807, 2.05) is 0 Å². The minimum atomic E-state index is -4.53. The lowest BCUT2D eigenvalue weighted by Crippen LogP contribution is -2.13. The zero-order chi connectivity index (χ0) is 13.9. The number of amides is 1. The third-order valence-corrected chi connectivity index (χ3v) is 2.34. The molecule has 0 aliphatic heterocycles. The van der Waals surface area contributed by atoms with Crippen molar-refractivity contribution in [2.24, 2.45) is 0 Å². The third kappa shape index (κ3) is 3.31. The molecule has 0 aliphatic rings. The van der Waals surface area contributed by atoms with Gasteiger partial charge in [0.2, 0.25) is 0 Å². The highest BCUT2D eigenvalue weighted by atomic mass is 19.4. The van der Waals surface area contributed by atoms with Gasteiger partial charge in [-0.25, -0.2) is 0 Å². The van der Waals surface area contributed by atoms with Crippen molar-refractivity contribution in [3.8, 4) is 0 Å². The quantitative estimate of drug-likeness (QED) is 0.905. The molecular formula is C13H9F3N2O. The number of rotatable bonds is 2. The van der Waals surface area contributed by atoms with Crippen molar-refractivity contribution in [2.75, 3.05) is 5.32 Å². The van der Waals surface area contributed by atoms with Gasteiger partial charge in [0.25, 0.3) is 5.91 Å². The second-order valence-electron chi connectivity index (χ2n) is 3.75. The predicted octanol–water partition coefficient (Wildman–Crippen LogP) is 3.35. The summed E-state index contributed by atoms with van der Waals surface area (Å²) in [5, 5.41) is 2.39. The van der Waals surface area contributed by atoms with Crippen molar-refractivity contribution in [1.29, 1.82) is 0 Å². The third-order valence-electron chi connectivity index (χ3n) is 2.34. The molecule has 1 heterocycles. The number of carbonyl (C=O) groups is 1. The molecule has 0 aliphatic carbocycles. The van der Waals surface area contributed by atoms with Crippen LogP contribution >= 0.6 is 0 Å². The normalized spacial score (nSPS) is 11.1. The van der Waals surface area contributed by atoms with Gasteiger partial charge >= 0.3 is 6.18 Å². The second-order valence-corrected chi connectivity index (χ2v) is 3.75. The van der Waals surface area contributed by atoms with E-state index >= 15 is 0 Å². The van der Waals surface area contributed by atoms with E-state index in [4.69, 9.17) is 0 Å². The first-order chi connectivity index (χ1) is 8.97. The van der Waals surface area contributed by atoms with E-state index in [1.165, 1.54) is 6.07 Å². The van der Waals surface area contributed by atoms with Crippen molar-refractivity contribution in [3.63, 3.8) is 0 Å². The topological polar surface area (TPSA) is 42.0 Å². The molecule has 0 bridgehead atoms. The van der Waals surface area contributed by atoms with Crippen LogP contribution in [0.25, 0.3) is 0 Å². The molecule has 98 valence electrons. The first-order valence-electron chi connectivity index (χ1n) is 5.36. The lowest BCUT2D eigenvalue weighted by Gasteiger charge is -2.08. The van der Waals surface area contributed by atoms with Gasteiger partial charge in [-0.2, -0.15) is 13.2 Å². The lowest BCUT2D eigenvalue weighted by molar-refractivity contribution is -0.141. The Hall–Kier alpha value is -2.37. The first kappa shape index (κ1) is 13.1. The first-order valence-corrected chi connectivity index (χ1v) is 5.36. The molecule has 2 rings (SSSR count). The largest absolute Gasteiger partial charge is 0.433 e. The number of benzene rings is 1. The second kappa shape index (κ2) is 5.09. The van der Waals surface area contributed by atoms with E-state index in [1.54, 1.807) is 30.3 Å². The molecular weight excluding hydrogens is 257 g/mol. The number of aromatic nitrogens is 1. The van der Waals surface area contributed by atoms with Crippen molar-refractivity contribution in [3.05, 3.63) is 59.9 Å². The maximum atomic E-state index is 12.5. The molecule has 0 radical (unpaired) electrons. The highest BCUT2D eigenvalue weighted by Crippen LogP contribution is 2.28. The van der Waals surface area contributed by atoms with E-state index in [2.05, 4.69) is 10.3 Å². The zero-order valence-electron chi connectivity index (χ0n) is 9.61. The summed E-state index contributed by atoms with van der Waals surface area (Å²) in [5.74, 6) is -0.472. The molecule has 0 saturated heterocycles. The molecule has 0 unspecified atom stereocenters. The molecule has 0 spiro atoms. The fraction of sp³-hybridized carbons (Fsp3) is 0.0769. The number of carbonyl (C=O) groups excluding carboxylic acids is 1. The Balaban J connectivity index is 2.18. The van der Waals surface area contributed by atoms with Crippen molar-refractivity contribution < 1.29 is 18.0 Å². The van der Waals surface area contributed by atoms with Crippen molar-refractivity contribution in [1.82, 2.24) is 4.98 Å². The van der Waals surface area contributed by atoms with Crippen molar-refractivity contribution in [2.45, 2.75) is 6.18 Å². The molecule has 1 aromatic heterocycles. The summed E-state index contributed by atoms with van der Waals surface area (Å²) in [6.45, 7) is 0. The molecule has 0 atom stereocenters. The molecule has 1 aromatic carbocycles. The summed E-state index contributed by atoms with van der Waals surface area (Å²) in [4.78, 5) is 15.0. The molecule has 6 heteroatoms. The van der Waals surface area contributed by atoms with Gasteiger partial charge in [-0.3, -0.25) is 9.78 Å². The van der Waals surface area contributed by atoms with E-state index < -0.39 is 17.8 Å². The number of hydrogen-bond donors (Lipinski definition) is 1. The fourth-order valence-electron chi connectivity index (χ4n) is 1.46. The van der Waals surface area contributed by atoms with Crippen LogP contribution in [-0.4, -0.2) is 10.9 Å². The molecule has 2 aromatic rings. The van der Waals surface area contributed by atoms with Crippen LogP contribution in [0.15, 0.2) is 48.7 Å². The average Bonchev–Trinajstić information content (AvgIpc) is 2.39. The predicted molar refractivity (Wildman–Crippen MR) is 63.6 cm³/mol. The summed E-state index contributed by atoms with van der Waals surface area (Å²) in [5.41, 5.74) is -0.623. The summed E-state index contributed by atoms with van der Waals surface area (Å²) in [7, 11) is 0. The zero-order valence-corrected chi connectivity index (χ0v) is 9.61. The van der Waals surface area contributed by atoms with Crippen LogP contribution in [0, 0.1) is 0 Å². The van der Waals surface area contributed by atoms with Crippen LogP contribution in [0.1, 0.15) is 16.1 Å². The Morgan fingerprint density at radius 3 is 2.42 bits per heavy atom. The van der Waals surface area contributed by atoms with E-state index in [0.29, 0.717) is 5.56 Å². The van der Waals surface area contributed by atoms with Crippen LogP contribution in [0.3, 0.4) is 0 Å². The molecule has 19 heavy (non-hydrogen) atoms. The fourth-order valence-corrected chi connectivity index (χ4v) is 1.46. The number of nitrogens with one attached hydrogen (secondary N) is 1. The lowest BCUT2D eigenvalue weighted by atomic mass is 10.2. The van der Waals surface area contributed by atoms with Crippen LogP contribution in [-0.2, 0) is 6.18 Å². The minimum Gasteiger partial charge on any atom is -0.322 e. The Morgan fingerprint density at radius 2 is 1.79 bits per heavy atom. The van der Waals surface area contributed by atoms with Gasteiger partial charge in [0.05, 0.1) is 0 Å². The van der Waals surface area contributed by atoms with E-state index in [9.17, 15) is 18.0 Å². The maximum Gasteiger partial charge on any atom is 0.433 e.